The van der Waals surface area contributed by atoms with E-state index in [2.05, 4.69) is 39.2 Å². The summed E-state index contributed by atoms with van der Waals surface area (Å²) in [5, 5.41) is 9.67. The average molecular weight is 467 g/mol. The lowest BCUT2D eigenvalue weighted by atomic mass is 9.96. The average Bonchev–Trinajstić information content (AvgIpc) is 3.37. The minimum atomic E-state index is 0.00986. The number of imidazole rings is 1. The molecule has 0 bridgehead atoms. The van der Waals surface area contributed by atoms with E-state index in [4.69, 9.17) is 16.5 Å². The van der Waals surface area contributed by atoms with Crippen LogP contribution in [0, 0.1) is 13.5 Å². The van der Waals surface area contributed by atoms with Crippen LogP contribution >= 0.6 is 0 Å². The smallest absolute Gasteiger partial charge is 0.211 e. The second kappa shape index (κ2) is 9.49. The molecule has 0 spiro atoms. The van der Waals surface area contributed by atoms with Crippen LogP contribution in [0.15, 0.2) is 54.9 Å². The van der Waals surface area contributed by atoms with Gasteiger partial charge in [-0.3, -0.25) is 4.40 Å². The van der Waals surface area contributed by atoms with Gasteiger partial charge in [-0.25, -0.2) is 14.8 Å². The molecule has 1 aliphatic rings. The Labute approximate surface area is 206 Å². The van der Waals surface area contributed by atoms with Gasteiger partial charge in [0.25, 0.3) is 0 Å². The van der Waals surface area contributed by atoms with E-state index in [1.54, 1.807) is 0 Å². The topological polar surface area (TPSA) is 61.3 Å². The number of nitrogens with zero attached hydrogens (tertiary/aromatic N) is 6. The first-order valence-electron chi connectivity index (χ1n) is 12.0. The standard InChI is InChI=1S/C28H30N6O/c1-19-17-21(5-6-22(19)18-35)25-26(20-7-9-23(29-2)10-8-20)31-28(34-16-13-30-27(25)34)33-14-11-24(12-15-33)32(3)4/h5-10,13,16-17,24,35H,11-12,14-15,18H2,1,3-4H3. The number of benzene rings is 2. The molecule has 7 nitrogen and oxygen atoms in total. The van der Waals surface area contributed by atoms with Crippen LogP contribution in [0.3, 0.4) is 0 Å². The van der Waals surface area contributed by atoms with Gasteiger partial charge in [-0.1, -0.05) is 42.5 Å². The summed E-state index contributed by atoms with van der Waals surface area (Å²) in [5.41, 5.74) is 7.14. The van der Waals surface area contributed by atoms with Crippen LogP contribution in [0.1, 0.15) is 24.0 Å². The van der Waals surface area contributed by atoms with Crippen LogP contribution in [0.25, 0.3) is 32.9 Å². The number of piperidine rings is 1. The lowest BCUT2D eigenvalue weighted by Crippen LogP contribution is -2.43. The molecule has 3 heterocycles. The van der Waals surface area contributed by atoms with Crippen LogP contribution < -0.4 is 4.90 Å². The van der Waals surface area contributed by atoms with Crippen molar-refractivity contribution in [1.29, 1.82) is 0 Å². The maximum absolute atomic E-state index is 9.67. The highest BCUT2D eigenvalue weighted by atomic mass is 16.3. The molecule has 1 fully saturated rings. The Kier molecular flexibility index (Phi) is 6.25. The highest BCUT2D eigenvalue weighted by molar-refractivity contribution is 5.91. The molecule has 0 amide bonds. The fraction of sp³-hybridized carbons (Fsp3) is 0.321. The van der Waals surface area contributed by atoms with E-state index in [1.165, 1.54) is 0 Å². The molecule has 35 heavy (non-hydrogen) atoms. The van der Waals surface area contributed by atoms with E-state index in [1.807, 2.05) is 55.7 Å². The highest BCUT2D eigenvalue weighted by Crippen LogP contribution is 2.38. The van der Waals surface area contributed by atoms with Crippen molar-refractivity contribution >= 4 is 17.3 Å². The number of fused-ring (bicyclic) bond motifs is 1. The fourth-order valence-corrected chi connectivity index (χ4v) is 4.97. The van der Waals surface area contributed by atoms with Gasteiger partial charge in [0, 0.05) is 31.5 Å². The van der Waals surface area contributed by atoms with Crippen molar-refractivity contribution in [2.75, 3.05) is 32.1 Å². The lowest BCUT2D eigenvalue weighted by molar-refractivity contribution is 0.249. The minimum absolute atomic E-state index is 0.00986. The number of rotatable bonds is 5. The molecule has 2 aromatic heterocycles. The summed E-state index contributed by atoms with van der Waals surface area (Å²) in [6.07, 6.45) is 5.99. The van der Waals surface area contributed by atoms with Crippen molar-refractivity contribution in [3.05, 3.63) is 77.4 Å². The van der Waals surface area contributed by atoms with Crippen molar-refractivity contribution < 1.29 is 5.11 Å². The third-order valence-electron chi connectivity index (χ3n) is 7.08. The molecule has 1 aliphatic heterocycles. The molecule has 0 atom stereocenters. The van der Waals surface area contributed by atoms with Crippen LogP contribution in [0.2, 0.25) is 0 Å². The molecule has 178 valence electrons. The van der Waals surface area contributed by atoms with E-state index in [0.29, 0.717) is 11.7 Å². The Hall–Kier alpha value is -3.73. The Balaban J connectivity index is 1.70. The number of aliphatic hydroxyl groups is 1. The Morgan fingerprint density at radius 3 is 2.43 bits per heavy atom. The number of aryl methyl sites for hydroxylation is 1. The van der Waals surface area contributed by atoms with Gasteiger partial charge in [-0.2, -0.15) is 0 Å². The number of anilines is 1. The summed E-state index contributed by atoms with van der Waals surface area (Å²) >= 11 is 0. The zero-order valence-corrected chi connectivity index (χ0v) is 20.4. The first kappa shape index (κ1) is 23.0. The molecular formula is C28H30N6O. The third-order valence-corrected chi connectivity index (χ3v) is 7.08. The summed E-state index contributed by atoms with van der Waals surface area (Å²) in [4.78, 5) is 18.2. The lowest BCUT2D eigenvalue weighted by Gasteiger charge is -2.36. The fourth-order valence-electron chi connectivity index (χ4n) is 4.97. The molecule has 7 heteroatoms. The van der Waals surface area contributed by atoms with Gasteiger partial charge in [0.2, 0.25) is 5.95 Å². The summed E-state index contributed by atoms with van der Waals surface area (Å²) < 4.78 is 2.09. The van der Waals surface area contributed by atoms with Crippen molar-refractivity contribution in [2.45, 2.75) is 32.4 Å². The van der Waals surface area contributed by atoms with E-state index < -0.39 is 0 Å². The molecule has 1 N–H and O–H groups in total. The Morgan fingerprint density at radius 1 is 1.09 bits per heavy atom. The first-order valence-corrected chi connectivity index (χ1v) is 12.0. The molecule has 0 unspecified atom stereocenters. The van der Waals surface area contributed by atoms with Gasteiger partial charge in [0.15, 0.2) is 5.69 Å². The quantitative estimate of drug-likeness (QED) is 0.422. The van der Waals surface area contributed by atoms with Gasteiger partial charge in [0.1, 0.15) is 5.65 Å². The molecular weight excluding hydrogens is 436 g/mol. The largest absolute Gasteiger partial charge is 0.392 e. The van der Waals surface area contributed by atoms with E-state index in [9.17, 15) is 5.11 Å². The summed E-state index contributed by atoms with van der Waals surface area (Å²) in [7, 11) is 4.30. The number of aromatic nitrogens is 3. The summed E-state index contributed by atoms with van der Waals surface area (Å²) in [6.45, 7) is 11.2. The molecule has 0 aliphatic carbocycles. The van der Waals surface area contributed by atoms with Gasteiger partial charge in [0.05, 0.1) is 24.4 Å². The predicted octanol–water partition coefficient (Wildman–Crippen LogP) is 4.95. The predicted molar refractivity (Wildman–Crippen MR) is 140 cm³/mol. The summed E-state index contributed by atoms with van der Waals surface area (Å²) in [5.74, 6) is 0.895. The number of aliphatic hydroxyl groups excluding tert-OH is 1. The molecule has 4 aromatic rings. The maximum Gasteiger partial charge on any atom is 0.211 e. The zero-order chi connectivity index (χ0) is 24.5. The Morgan fingerprint density at radius 2 is 1.80 bits per heavy atom. The SMILES string of the molecule is [C-]#[N+]c1ccc(-c2nc(N3CCC(N(C)C)CC3)n3ccnc3c2-c2ccc(CO)c(C)c2)cc1. The van der Waals surface area contributed by atoms with Crippen molar-refractivity contribution in [1.82, 2.24) is 19.3 Å². The zero-order valence-electron chi connectivity index (χ0n) is 20.4. The van der Waals surface area contributed by atoms with Crippen LogP contribution in [-0.4, -0.2) is 57.6 Å². The summed E-state index contributed by atoms with van der Waals surface area (Å²) in [6, 6.07) is 14.3. The molecule has 0 radical (unpaired) electrons. The van der Waals surface area contributed by atoms with Crippen LogP contribution in [-0.2, 0) is 6.61 Å². The Bertz CT molecular complexity index is 1390. The number of hydrogen-bond acceptors (Lipinski definition) is 5. The van der Waals surface area contributed by atoms with Crippen molar-refractivity contribution in [2.24, 2.45) is 0 Å². The van der Waals surface area contributed by atoms with E-state index in [-0.39, 0.29) is 6.61 Å². The third kappa shape index (κ3) is 4.27. The minimum Gasteiger partial charge on any atom is -0.392 e. The van der Waals surface area contributed by atoms with Gasteiger partial charge >= 0.3 is 0 Å². The molecule has 2 aromatic carbocycles. The van der Waals surface area contributed by atoms with Gasteiger partial charge in [-0.05, 0) is 56.1 Å². The highest BCUT2D eigenvalue weighted by Gasteiger charge is 2.26. The van der Waals surface area contributed by atoms with Crippen molar-refractivity contribution in [3.63, 3.8) is 0 Å². The van der Waals surface area contributed by atoms with E-state index >= 15 is 0 Å². The van der Waals surface area contributed by atoms with Crippen LogP contribution in [0.5, 0.6) is 0 Å². The number of hydrogen-bond donors (Lipinski definition) is 1. The van der Waals surface area contributed by atoms with Crippen molar-refractivity contribution in [3.8, 4) is 22.4 Å². The monoisotopic (exact) mass is 466 g/mol. The molecule has 0 saturated carbocycles. The second-order valence-corrected chi connectivity index (χ2v) is 9.40. The molecule has 5 rings (SSSR count). The normalized spacial score (nSPS) is 14.6. The van der Waals surface area contributed by atoms with Gasteiger partial charge in [-0.15, -0.1) is 0 Å². The van der Waals surface area contributed by atoms with Gasteiger partial charge < -0.3 is 14.9 Å². The second-order valence-electron chi connectivity index (χ2n) is 9.40. The van der Waals surface area contributed by atoms with E-state index in [0.717, 1.165) is 71.0 Å². The maximum atomic E-state index is 9.67. The first-order chi connectivity index (χ1) is 17.0. The van der Waals surface area contributed by atoms with Crippen LogP contribution in [0.4, 0.5) is 11.6 Å². The molecule has 1 saturated heterocycles.